The van der Waals surface area contributed by atoms with Crippen molar-refractivity contribution >= 4 is 11.3 Å². The Hall–Kier alpha value is -1.20. The molecule has 0 amide bonds. The van der Waals surface area contributed by atoms with Gasteiger partial charge in [-0.2, -0.15) is 0 Å². The number of aryl methyl sites for hydroxylation is 2. The van der Waals surface area contributed by atoms with E-state index < -0.39 is 0 Å². The normalized spacial score (nSPS) is 14.2. The van der Waals surface area contributed by atoms with Crippen molar-refractivity contribution in [3.63, 3.8) is 0 Å². The van der Waals surface area contributed by atoms with E-state index in [-0.39, 0.29) is 0 Å². The lowest BCUT2D eigenvalue weighted by Crippen LogP contribution is -2.11. The molecule has 90 valence electrons. The summed E-state index contributed by atoms with van der Waals surface area (Å²) in [5.41, 5.74) is 1.47. The van der Waals surface area contributed by atoms with Crippen LogP contribution in [0, 0.1) is 0 Å². The number of thiophene rings is 1. The van der Waals surface area contributed by atoms with E-state index >= 15 is 0 Å². The Morgan fingerprint density at radius 3 is 3.18 bits per heavy atom. The van der Waals surface area contributed by atoms with Gasteiger partial charge in [0.05, 0.1) is 11.4 Å². The molecule has 1 N–H and O–H groups in total. The van der Waals surface area contributed by atoms with Gasteiger partial charge in [0.15, 0.2) is 0 Å². The molecule has 1 aliphatic rings. The SMILES string of the molecule is CCNCc1nnc(-c2cc3c(s2)CCC3)o1. The highest BCUT2D eigenvalue weighted by Gasteiger charge is 2.18. The number of nitrogens with zero attached hydrogens (tertiary/aromatic N) is 2. The molecular formula is C12H15N3OS. The van der Waals surface area contributed by atoms with Crippen molar-refractivity contribution in [2.75, 3.05) is 6.54 Å². The molecule has 2 aromatic rings. The predicted molar refractivity (Wildman–Crippen MR) is 67.0 cm³/mol. The van der Waals surface area contributed by atoms with E-state index in [2.05, 4.69) is 28.5 Å². The molecule has 0 bridgehead atoms. The molecule has 0 radical (unpaired) electrons. The van der Waals surface area contributed by atoms with Gasteiger partial charge in [-0.25, -0.2) is 0 Å². The molecule has 0 atom stereocenters. The van der Waals surface area contributed by atoms with Crippen molar-refractivity contribution in [1.82, 2.24) is 15.5 Å². The van der Waals surface area contributed by atoms with Crippen LogP contribution in [0.25, 0.3) is 10.8 Å². The summed E-state index contributed by atoms with van der Waals surface area (Å²) in [4.78, 5) is 2.61. The third kappa shape index (κ3) is 2.12. The van der Waals surface area contributed by atoms with Gasteiger partial charge in [-0.3, -0.25) is 0 Å². The van der Waals surface area contributed by atoms with Crippen molar-refractivity contribution in [3.05, 3.63) is 22.4 Å². The van der Waals surface area contributed by atoms with E-state index in [1.54, 1.807) is 11.3 Å². The number of rotatable bonds is 4. The molecule has 4 nitrogen and oxygen atoms in total. The molecule has 0 fully saturated rings. The van der Waals surface area contributed by atoms with Crippen LogP contribution in [0.2, 0.25) is 0 Å². The summed E-state index contributed by atoms with van der Waals surface area (Å²) in [6.45, 7) is 3.61. The van der Waals surface area contributed by atoms with E-state index in [1.807, 2.05) is 0 Å². The summed E-state index contributed by atoms with van der Waals surface area (Å²) >= 11 is 1.80. The Balaban J connectivity index is 1.80. The van der Waals surface area contributed by atoms with Crippen LogP contribution in [0.3, 0.4) is 0 Å². The highest BCUT2D eigenvalue weighted by molar-refractivity contribution is 7.15. The van der Waals surface area contributed by atoms with Crippen LogP contribution >= 0.6 is 11.3 Å². The summed E-state index contributed by atoms with van der Waals surface area (Å²) in [6.07, 6.45) is 3.69. The lowest BCUT2D eigenvalue weighted by Gasteiger charge is -1.93. The van der Waals surface area contributed by atoms with Crippen LogP contribution < -0.4 is 5.32 Å². The minimum Gasteiger partial charge on any atom is -0.419 e. The fraction of sp³-hybridized carbons (Fsp3) is 0.500. The first-order chi connectivity index (χ1) is 8.36. The minimum atomic E-state index is 0.647. The smallest absolute Gasteiger partial charge is 0.257 e. The zero-order chi connectivity index (χ0) is 11.7. The fourth-order valence-corrected chi connectivity index (χ4v) is 3.27. The maximum Gasteiger partial charge on any atom is 0.257 e. The van der Waals surface area contributed by atoms with Crippen LogP contribution in [0.5, 0.6) is 0 Å². The molecule has 17 heavy (non-hydrogen) atoms. The predicted octanol–water partition coefficient (Wildman–Crippen LogP) is 2.40. The van der Waals surface area contributed by atoms with E-state index in [4.69, 9.17) is 4.42 Å². The number of fused-ring (bicyclic) bond motifs is 1. The maximum atomic E-state index is 5.63. The van der Waals surface area contributed by atoms with Crippen LogP contribution in [-0.4, -0.2) is 16.7 Å². The molecule has 2 aromatic heterocycles. The molecule has 0 spiro atoms. The van der Waals surface area contributed by atoms with Gasteiger partial charge in [0.25, 0.3) is 5.89 Å². The van der Waals surface area contributed by atoms with Gasteiger partial charge in [-0.05, 0) is 37.4 Å². The Bertz CT molecular complexity index is 496. The quantitative estimate of drug-likeness (QED) is 0.904. The van der Waals surface area contributed by atoms with E-state index in [0.717, 1.165) is 11.4 Å². The number of aromatic nitrogens is 2. The Kier molecular flexibility index (Phi) is 2.94. The van der Waals surface area contributed by atoms with Gasteiger partial charge < -0.3 is 9.73 Å². The molecule has 5 heteroatoms. The van der Waals surface area contributed by atoms with Gasteiger partial charge in [0.2, 0.25) is 5.89 Å². The summed E-state index contributed by atoms with van der Waals surface area (Å²) in [6, 6.07) is 2.21. The largest absolute Gasteiger partial charge is 0.419 e. The van der Waals surface area contributed by atoms with Gasteiger partial charge in [-0.1, -0.05) is 6.92 Å². The second-order valence-corrected chi connectivity index (χ2v) is 5.33. The molecular weight excluding hydrogens is 234 g/mol. The van der Waals surface area contributed by atoms with Crippen molar-refractivity contribution < 1.29 is 4.42 Å². The zero-order valence-electron chi connectivity index (χ0n) is 9.82. The number of hydrogen-bond donors (Lipinski definition) is 1. The van der Waals surface area contributed by atoms with Crippen molar-refractivity contribution in [2.45, 2.75) is 32.7 Å². The highest BCUT2D eigenvalue weighted by Crippen LogP contribution is 2.35. The molecule has 2 heterocycles. The van der Waals surface area contributed by atoms with Gasteiger partial charge in [0.1, 0.15) is 0 Å². The first-order valence-corrected chi connectivity index (χ1v) is 6.83. The Labute approximate surface area is 104 Å². The third-order valence-electron chi connectivity index (χ3n) is 2.95. The second-order valence-electron chi connectivity index (χ2n) is 4.19. The summed E-state index contributed by atoms with van der Waals surface area (Å²) < 4.78 is 5.63. The molecule has 0 saturated heterocycles. The molecule has 1 aliphatic carbocycles. The maximum absolute atomic E-state index is 5.63. The average Bonchev–Trinajstić information content (AvgIpc) is 3.00. The van der Waals surface area contributed by atoms with Crippen LogP contribution in [-0.2, 0) is 19.4 Å². The standard InChI is InChI=1S/C12H15N3OS/c1-2-13-7-11-14-15-12(16-11)10-6-8-4-3-5-9(8)17-10/h6,13H,2-5,7H2,1H3. The molecule has 0 unspecified atom stereocenters. The summed E-state index contributed by atoms with van der Waals surface area (Å²) in [5.74, 6) is 1.33. The van der Waals surface area contributed by atoms with Crippen LogP contribution in [0.4, 0.5) is 0 Å². The number of nitrogens with one attached hydrogen (secondary N) is 1. The topological polar surface area (TPSA) is 51.0 Å². The molecule has 0 saturated carbocycles. The third-order valence-corrected chi connectivity index (χ3v) is 4.18. The average molecular weight is 249 g/mol. The van der Waals surface area contributed by atoms with E-state index in [1.165, 1.54) is 29.7 Å². The Morgan fingerprint density at radius 2 is 2.35 bits per heavy atom. The molecule has 0 aromatic carbocycles. The van der Waals surface area contributed by atoms with Gasteiger partial charge >= 0.3 is 0 Å². The zero-order valence-corrected chi connectivity index (χ0v) is 10.6. The summed E-state index contributed by atoms with van der Waals surface area (Å²) in [7, 11) is 0. The highest BCUT2D eigenvalue weighted by atomic mass is 32.1. The molecule has 3 rings (SSSR count). The van der Waals surface area contributed by atoms with Crippen LogP contribution in [0.1, 0.15) is 29.7 Å². The van der Waals surface area contributed by atoms with Crippen molar-refractivity contribution in [2.24, 2.45) is 0 Å². The first kappa shape index (κ1) is 10.9. The lowest BCUT2D eigenvalue weighted by molar-refractivity contribution is 0.483. The fourth-order valence-electron chi connectivity index (χ4n) is 2.09. The summed E-state index contributed by atoms with van der Waals surface area (Å²) in [5, 5.41) is 11.3. The van der Waals surface area contributed by atoms with E-state index in [0.29, 0.717) is 18.3 Å². The van der Waals surface area contributed by atoms with Gasteiger partial charge in [0, 0.05) is 4.88 Å². The van der Waals surface area contributed by atoms with E-state index in [9.17, 15) is 0 Å². The van der Waals surface area contributed by atoms with Crippen molar-refractivity contribution in [1.29, 1.82) is 0 Å². The van der Waals surface area contributed by atoms with Crippen LogP contribution in [0.15, 0.2) is 10.5 Å². The second kappa shape index (κ2) is 4.58. The molecule has 0 aliphatic heterocycles. The Morgan fingerprint density at radius 1 is 1.41 bits per heavy atom. The minimum absolute atomic E-state index is 0.647. The monoisotopic (exact) mass is 249 g/mol. The van der Waals surface area contributed by atoms with Gasteiger partial charge in [-0.15, -0.1) is 21.5 Å². The number of hydrogen-bond acceptors (Lipinski definition) is 5. The van der Waals surface area contributed by atoms with Crippen molar-refractivity contribution in [3.8, 4) is 10.8 Å². The first-order valence-electron chi connectivity index (χ1n) is 6.02. The lowest BCUT2D eigenvalue weighted by atomic mass is 10.2.